The Morgan fingerprint density at radius 1 is 1.10 bits per heavy atom. The highest BCUT2D eigenvalue weighted by Crippen LogP contribution is 2.21. The summed E-state index contributed by atoms with van der Waals surface area (Å²) in [6.45, 7) is 6.12. The van der Waals surface area contributed by atoms with Crippen LogP contribution >= 0.6 is 0 Å². The lowest BCUT2D eigenvalue weighted by molar-refractivity contribution is -0.130. The maximum atomic E-state index is 12.7. The van der Waals surface area contributed by atoms with Crippen molar-refractivity contribution in [1.29, 1.82) is 0 Å². The zero-order valence-electron chi connectivity index (χ0n) is 16.7. The molecule has 0 aliphatic carbocycles. The minimum Gasteiger partial charge on any atom is -0.458 e. The third kappa shape index (κ3) is 4.31. The Morgan fingerprint density at radius 2 is 1.83 bits per heavy atom. The first-order chi connectivity index (χ1) is 14.0. The number of nitrogens with zero attached hydrogens (tertiary/aromatic N) is 5. The first kappa shape index (κ1) is 19.2. The second kappa shape index (κ2) is 8.06. The summed E-state index contributed by atoms with van der Waals surface area (Å²) in [7, 11) is 0. The van der Waals surface area contributed by atoms with Crippen molar-refractivity contribution in [2.24, 2.45) is 0 Å². The van der Waals surface area contributed by atoms with Gasteiger partial charge in [-0.1, -0.05) is 18.2 Å². The van der Waals surface area contributed by atoms with Crippen LogP contribution in [0.25, 0.3) is 0 Å². The highest BCUT2D eigenvalue weighted by Gasteiger charge is 2.34. The molecule has 1 aromatic heterocycles. The molecule has 0 radical (unpaired) electrons. The molecule has 1 aromatic carbocycles. The van der Waals surface area contributed by atoms with Gasteiger partial charge in [-0.05, 0) is 32.0 Å². The van der Waals surface area contributed by atoms with Crippen molar-refractivity contribution in [2.75, 3.05) is 37.6 Å². The number of ether oxygens (including phenoxy) is 1. The molecule has 0 N–H and O–H groups in total. The van der Waals surface area contributed by atoms with Crippen LogP contribution in [-0.2, 0) is 4.79 Å². The van der Waals surface area contributed by atoms with Gasteiger partial charge in [0, 0.05) is 43.1 Å². The SMILES string of the molecule is Cc1cc(C)nc(O[C@@H]2CCN(C(=O)CN3CCN(c4ccccc4)C3=O)C2)n1. The number of hydrogen-bond donors (Lipinski definition) is 0. The Kier molecular flexibility index (Phi) is 5.33. The van der Waals surface area contributed by atoms with Crippen molar-refractivity contribution in [2.45, 2.75) is 26.4 Å². The number of carbonyl (C=O) groups is 2. The minimum absolute atomic E-state index is 0.0549. The number of anilines is 1. The van der Waals surface area contributed by atoms with E-state index in [0.29, 0.717) is 32.2 Å². The van der Waals surface area contributed by atoms with E-state index >= 15 is 0 Å². The number of carbonyl (C=O) groups excluding carboxylic acids is 2. The van der Waals surface area contributed by atoms with Crippen LogP contribution in [0.1, 0.15) is 17.8 Å². The molecule has 0 spiro atoms. The van der Waals surface area contributed by atoms with Gasteiger partial charge in [0.05, 0.1) is 6.54 Å². The minimum atomic E-state index is -0.129. The van der Waals surface area contributed by atoms with Crippen LogP contribution in [0.3, 0.4) is 0 Å². The molecule has 2 fully saturated rings. The van der Waals surface area contributed by atoms with Gasteiger partial charge in [-0.3, -0.25) is 9.69 Å². The van der Waals surface area contributed by atoms with Crippen LogP contribution in [0.15, 0.2) is 36.4 Å². The number of aryl methyl sites for hydroxylation is 2. The molecule has 1 atom stereocenters. The summed E-state index contributed by atoms with van der Waals surface area (Å²) in [5, 5.41) is 0. The van der Waals surface area contributed by atoms with E-state index in [0.717, 1.165) is 23.5 Å². The van der Waals surface area contributed by atoms with Gasteiger partial charge in [0.15, 0.2) is 0 Å². The molecular weight excluding hydrogens is 370 g/mol. The van der Waals surface area contributed by atoms with Crippen LogP contribution in [0.4, 0.5) is 10.5 Å². The van der Waals surface area contributed by atoms with Gasteiger partial charge in [0.1, 0.15) is 12.6 Å². The van der Waals surface area contributed by atoms with Crippen molar-refractivity contribution in [1.82, 2.24) is 19.8 Å². The molecule has 0 bridgehead atoms. The second-order valence-corrected chi connectivity index (χ2v) is 7.49. The number of hydrogen-bond acceptors (Lipinski definition) is 5. The number of benzene rings is 1. The fraction of sp³-hybridized carbons (Fsp3) is 0.429. The van der Waals surface area contributed by atoms with Crippen LogP contribution in [-0.4, -0.2) is 70.5 Å². The molecule has 2 saturated heterocycles. The van der Waals surface area contributed by atoms with Gasteiger partial charge >= 0.3 is 12.0 Å². The molecule has 0 saturated carbocycles. The number of amides is 3. The molecule has 4 rings (SSSR count). The molecule has 2 aliphatic rings. The van der Waals surface area contributed by atoms with E-state index < -0.39 is 0 Å². The molecule has 8 nitrogen and oxygen atoms in total. The van der Waals surface area contributed by atoms with Crippen molar-refractivity contribution >= 4 is 17.6 Å². The van der Waals surface area contributed by atoms with E-state index in [1.807, 2.05) is 50.2 Å². The molecule has 2 aromatic rings. The van der Waals surface area contributed by atoms with Gasteiger partial charge in [0.25, 0.3) is 0 Å². The fourth-order valence-electron chi connectivity index (χ4n) is 3.79. The molecule has 29 heavy (non-hydrogen) atoms. The molecule has 0 unspecified atom stereocenters. The third-order valence-electron chi connectivity index (χ3n) is 5.22. The lowest BCUT2D eigenvalue weighted by Crippen LogP contribution is -2.42. The zero-order chi connectivity index (χ0) is 20.4. The number of aromatic nitrogens is 2. The lowest BCUT2D eigenvalue weighted by Gasteiger charge is -2.22. The second-order valence-electron chi connectivity index (χ2n) is 7.49. The Labute approximate surface area is 170 Å². The number of likely N-dealkylation sites (tertiary alicyclic amines) is 1. The van der Waals surface area contributed by atoms with Gasteiger partial charge in [-0.25, -0.2) is 14.8 Å². The van der Waals surface area contributed by atoms with Crippen molar-refractivity contribution in [3.8, 4) is 6.01 Å². The lowest BCUT2D eigenvalue weighted by atomic mass is 10.3. The first-order valence-electron chi connectivity index (χ1n) is 9.88. The molecule has 3 amide bonds. The summed E-state index contributed by atoms with van der Waals surface area (Å²) in [6, 6.07) is 11.7. The van der Waals surface area contributed by atoms with E-state index in [2.05, 4.69) is 9.97 Å². The summed E-state index contributed by atoms with van der Waals surface area (Å²) in [5.41, 5.74) is 2.57. The number of rotatable bonds is 5. The van der Waals surface area contributed by atoms with E-state index in [-0.39, 0.29) is 24.6 Å². The van der Waals surface area contributed by atoms with E-state index in [4.69, 9.17) is 4.74 Å². The summed E-state index contributed by atoms with van der Waals surface area (Å²) in [5.74, 6) is -0.0549. The first-order valence-corrected chi connectivity index (χ1v) is 9.88. The van der Waals surface area contributed by atoms with Crippen LogP contribution in [0.2, 0.25) is 0 Å². The Morgan fingerprint density at radius 3 is 2.55 bits per heavy atom. The van der Waals surface area contributed by atoms with Gasteiger partial charge in [-0.15, -0.1) is 0 Å². The Bertz CT molecular complexity index is 884. The van der Waals surface area contributed by atoms with E-state index in [1.54, 1.807) is 14.7 Å². The fourth-order valence-corrected chi connectivity index (χ4v) is 3.79. The largest absolute Gasteiger partial charge is 0.458 e. The molecule has 8 heteroatoms. The third-order valence-corrected chi connectivity index (χ3v) is 5.22. The smallest absolute Gasteiger partial charge is 0.325 e. The van der Waals surface area contributed by atoms with Crippen molar-refractivity contribution in [3.63, 3.8) is 0 Å². The summed E-state index contributed by atoms with van der Waals surface area (Å²) < 4.78 is 5.88. The zero-order valence-corrected chi connectivity index (χ0v) is 16.7. The summed E-state index contributed by atoms with van der Waals surface area (Å²) in [6.07, 6.45) is 0.599. The van der Waals surface area contributed by atoms with Gasteiger partial charge in [-0.2, -0.15) is 0 Å². The highest BCUT2D eigenvalue weighted by molar-refractivity contribution is 5.96. The van der Waals surface area contributed by atoms with Crippen molar-refractivity contribution < 1.29 is 14.3 Å². The topological polar surface area (TPSA) is 78.9 Å². The van der Waals surface area contributed by atoms with Crippen LogP contribution < -0.4 is 9.64 Å². The Balaban J connectivity index is 1.31. The predicted molar refractivity (Wildman–Crippen MR) is 108 cm³/mol. The average Bonchev–Trinajstić information content (AvgIpc) is 3.29. The average molecular weight is 395 g/mol. The normalized spacial score (nSPS) is 19.2. The van der Waals surface area contributed by atoms with E-state index in [9.17, 15) is 9.59 Å². The predicted octanol–water partition coefficient (Wildman–Crippen LogP) is 2.02. The monoisotopic (exact) mass is 395 g/mol. The van der Waals surface area contributed by atoms with Gasteiger partial charge in [0.2, 0.25) is 5.91 Å². The highest BCUT2D eigenvalue weighted by atomic mass is 16.5. The standard InChI is InChI=1S/C21H25N5O3/c1-15-12-16(2)23-20(22-15)29-18-8-9-24(13-18)19(27)14-25-10-11-26(21(25)28)17-6-4-3-5-7-17/h3-7,12,18H,8-11,13-14H2,1-2H3/t18-/m1/s1. The summed E-state index contributed by atoms with van der Waals surface area (Å²) in [4.78, 5) is 39.1. The maximum Gasteiger partial charge on any atom is 0.325 e. The van der Waals surface area contributed by atoms with Crippen LogP contribution in [0.5, 0.6) is 6.01 Å². The van der Waals surface area contributed by atoms with Crippen molar-refractivity contribution in [3.05, 3.63) is 47.8 Å². The van der Waals surface area contributed by atoms with E-state index in [1.165, 1.54) is 0 Å². The maximum absolute atomic E-state index is 12.7. The molecule has 152 valence electrons. The quantitative estimate of drug-likeness (QED) is 0.774. The molecule has 2 aliphatic heterocycles. The Hall–Kier alpha value is -3.16. The molecular formula is C21H25N5O3. The number of urea groups is 1. The number of para-hydroxylation sites is 1. The van der Waals surface area contributed by atoms with Crippen LogP contribution in [0, 0.1) is 13.8 Å². The van der Waals surface area contributed by atoms with Gasteiger partial charge < -0.3 is 14.5 Å². The molecule has 3 heterocycles. The summed E-state index contributed by atoms with van der Waals surface area (Å²) >= 11 is 0.